The smallest absolute Gasteiger partial charge is 0.270 e. The number of anilines is 1. The number of alkyl halides is 2. The lowest BCUT2D eigenvalue weighted by Gasteiger charge is -2.09. The number of aliphatic hydroxyl groups is 1. The van der Waals surface area contributed by atoms with Gasteiger partial charge in [0.1, 0.15) is 11.5 Å². The lowest BCUT2D eigenvalue weighted by Crippen LogP contribution is -2.30. The van der Waals surface area contributed by atoms with E-state index in [0.717, 1.165) is 24.2 Å². The summed E-state index contributed by atoms with van der Waals surface area (Å²) in [6.45, 7) is -0.712. The molecule has 3 aromatic heterocycles. The normalized spacial score (nSPS) is 19.2. The number of rotatable bonds is 7. The number of aromatic nitrogens is 3. The number of nitrogens with one attached hydrogen (secondary N) is 4. The molecule has 4 heterocycles. The second kappa shape index (κ2) is 8.41. The highest BCUT2D eigenvalue weighted by molar-refractivity contribution is 7.17. The molecule has 2 fully saturated rings. The largest absolute Gasteiger partial charge is 0.367 e. The number of carbonyl (C=O) groups is 2. The van der Waals surface area contributed by atoms with E-state index in [0.29, 0.717) is 38.5 Å². The van der Waals surface area contributed by atoms with Crippen molar-refractivity contribution in [3.05, 3.63) is 40.5 Å². The summed E-state index contributed by atoms with van der Waals surface area (Å²) in [5, 5.41) is 24.5. The molecule has 1 aliphatic carbocycles. The van der Waals surface area contributed by atoms with Crippen LogP contribution in [0.15, 0.2) is 30.1 Å². The summed E-state index contributed by atoms with van der Waals surface area (Å²) in [5.41, 5.74) is 1.76. The Kier molecular flexibility index (Phi) is 5.42. The summed E-state index contributed by atoms with van der Waals surface area (Å²) >= 11 is 1.14. The van der Waals surface area contributed by atoms with Crippen LogP contribution in [0.5, 0.6) is 0 Å². The third-order valence-electron chi connectivity index (χ3n) is 5.03. The fourth-order valence-corrected chi connectivity index (χ4v) is 4.20. The Balaban J connectivity index is 1.52. The summed E-state index contributed by atoms with van der Waals surface area (Å²) in [5.74, 6) is -0.328. The Bertz CT molecular complexity index is 1270. The molecule has 172 valence electrons. The molecule has 3 aromatic rings. The molecule has 0 spiro atoms. The maximum Gasteiger partial charge on any atom is 0.270 e. The van der Waals surface area contributed by atoms with Gasteiger partial charge in [-0.05, 0) is 31.1 Å². The summed E-state index contributed by atoms with van der Waals surface area (Å²) in [7, 11) is 0. The standard InChI is InChI=1S/C20H19F2N7O3S/c21-15(22)8-23-19(31)14-4-3-13(33-14)11-6-16(25-10-1-2-10)29-17(26-11)9(7-24-29)5-12-18(30)28-20(32)27-12/h3-7,10,15,20,25,27,32H,1-2,8H2,(H,23,31)(H,28,30)/b12-5-. The van der Waals surface area contributed by atoms with Gasteiger partial charge in [0.25, 0.3) is 18.2 Å². The van der Waals surface area contributed by atoms with Gasteiger partial charge < -0.3 is 26.4 Å². The molecule has 1 saturated heterocycles. The van der Waals surface area contributed by atoms with Crippen LogP contribution in [-0.2, 0) is 4.79 Å². The second-order valence-electron chi connectivity index (χ2n) is 7.62. The SMILES string of the molecule is O=C1NC(O)N/C1=C\c1cnn2c(NC3CC3)cc(-c3ccc(C(=O)NCC(F)F)s3)nc12. The Morgan fingerprint density at radius 1 is 1.36 bits per heavy atom. The first kappa shape index (κ1) is 21.3. The van der Waals surface area contributed by atoms with Crippen molar-refractivity contribution < 1.29 is 23.5 Å². The minimum Gasteiger partial charge on any atom is -0.367 e. The van der Waals surface area contributed by atoms with Crippen molar-refractivity contribution in [3.8, 4) is 10.6 Å². The van der Waals surface area contributed by atoms with E-state index in [1.54, 1.807) is 28.9 Å². The topological polar surface area (TPSA) is 133 Å². The summed E-state index contributed by atoms with van der Waals surface area (Å²) in [4.78, 5) is 29.8. The molecule has 5 N–H and O–H groups in total. The van der Waals surface area contributed by atoms with Crippen LogP contribution in [0.25, 0.3) is 22.3 Å². The van der Waals surface area contributed by atoms with Gasteiger partial charge in [-0.2, -0.15) is 9.61 Å². The molecule has 10 nitrogen and oxygen atoms in total. The average molecular weight is 475 g/mol. The van der Waals surface area contributed by atoms with Gasteiger partial charge in [0.15, 0.2) is 5.65 Å². The molecular weight excluding hydrogens is 456 g/mol. The zero-order chi connectivity index (χ0) is 23.1. The lowest BCUT2D eigenvalue weighted by molar-refractivity contribution is -0.117. The molecule has 5 rings (SSSR count). The molecule has 2 aliphatic rings. The zero-order valence-electron chi connectivity index (χ0n) is 17.0. The van der Waals surface area contributed by atoms with Crippen LogP contribution in [0.3, 0.4) is 0 Å². The molecular formula is C20H19F2N7O3S. The zero-order valence-corrected chi connectivity index (χ0v) is 17.8. The molecule has 0 radical (unpaired) electrons. The average Bonchev–Trinajstić information content (AvgIpc) is 3.16. The Labute approximate surface area is 189 Å². The Hall–Kier alpha value is -3.58. The number of fused-ring (bicyclic) bond motifs is 1. The number of halogens is 2. The minimum absolute atomic E-state index is 0.176. The first-order chi connectivity index (χ1) is 15.9. The highest BCUT2D eigenvalue weighted by Gasteiger charge is 2.26. The quantitative estimate of drug-likeness (QED) is 0.326. The van der Waals surface area contributed by atoms with E-state index in [-0.39, 0.29) is 5.70 Å². The monoisotopic (exact) mass is 475 g/mol. The molecule has 13 heteroatoms. The number of carbonyl (C=O) groups excluding carboxylic acids is 2. The summed E-state index contributed by atoms with van der Waals surface area (Å²) in [6.07, 6.45) is 1.39. The van der Waals surface area contributed by atoms with Crippen LogP contribution < -0.4 is 21.3 Å². The predicted molar refractivity (Wildman–Crippen MR) is 117 cm³/mol. The molecule has 1 unspecified atom stereocenters. The van der Waals surface area contributed by atoms with Gasteiger partial charge >= 0.3 is 0 Å². The van der Waals surface area contributed by atoms with Crippen LogP contribution in [-0.4, -0.2) is 56.9 Å². The van der Waals surface area contributed by atoms with E-state index >= 15 is 0 Å². The van der Waals surface area contributed by atoms with Crippen LogP contribution in [0.1, 0.15) is 28.1 Å². The van der Waals surface area contributed by atoms with Crippen LogP contribution in [0.2, 0.25) is 0 Å². The number of aliphatic hydroxyl groups excluding tert-OH is 1. The lowest BCUT2D eigenvalue weighted by atomic mass is 10.2. The summed E-state index contributed by atoms with van der Waals surface area (Å²) in [6, 6.07) is 5.41. The highest BCUT2D eigenvalue weighted by Crippen LogP contribution is 2.32. The molecule has 33 heavy (non-hydrogen) atoms. The van der Waals surface area contributed by atoms with Crippen molar-refractivity contribution >= 4 is 40.7 Å². The number of thiophene rings is 1. The Morgan fingerprint density at radius 3 is 2.88 bits per heavy atom. The fourth-order valence-electron chi connectivity index (χ4n) is 3.32. The molecule has 1 saturated carbocycles. The summed E-state index contributed by atoms with van der Waals surface area (Å²) < 4.78 is 26.4. The third-order valence-corrected chi connectivity index (χ3v) is 6.14. The Morgan fingerprint density at radius 2 is 2.18 bits per heavy atom. The minimum atomic E-state index is -2.62. The van der Waals surface area contributed by atoms with Crippen molar-refractivity contribution in [2.75, 3.05) is 11.9 Å². The van der Waals surface area contributed by atoms with Crippen LogP contribution in [0, 0.1) is 0 Å². The fraction of sp³-hybridized carbons (Fsp3) is 0.300. The van der Waals surface area contributed by atoms with Gasteiger partial charge in [-0.15, -0.1) is 11.3 Å². The van der Waals surface area contributed by atoms with Crippen molar-refractivity contribution in [1.29, 1.82) is 0 Å². The van der Waals surface area contributed by atoms with Crippen molar-refractivity contribution in [2.45, 2.75) is 31.7 Å². The maximum atomic E-state index is 12.4. The van der Waals surface area contributed by atoms with Crippen molar-refractivity contribution in [2.24, 2.45) is 0 Å². The number of nitrogens with zero attached hydrogens (tertiary/aromatic N) is 3. The predicted octanol–water partition coefficient (Wildman–Crippen LogP) is 1.36. The van der Waals surface area contributed by atoms with Crippen LogP contribution >= 0.6 is 11.3 Å². The molecule has 0 aromatic carbocycles. The molecule has 1 atom stereocenters. The van der Waals surface area contributed by atoms with Crippen molar-refractivity contribution in [1.82, 2.24) is 30.5 Å². The first-order valence-corrected chi connectivity index (χ1v) is 11.0. The van der Waals surface area contributed by atoms with E-state index in [9.17, 15) is 23.5 Å². The number of amides is 2. The van der Waals surface area contributed by atoms with Crippen molar-refractivity contribution in [3.63, 3.8) is 0 Å². The van der Waals surface area contributed by atoms with E-state index in [2.05, 4.69) is 31.3 Å². The maximum absolute atomic E-state index is 12.4. The number of hydrogen-bond acceptors (Lipinski definition) is 8. The van der Waals surface area contributed by atoms with E-state index in [1.165, 1.54) is 0 Å². The van der Waals surface area contributed by atoms with Gasteiger partial charge in [0.2, 0.25) is 6.35 Å². The van der Waals surface area contributed by atoms with Crippen LogP contribution in [0.4, 0.5) is 14.6 Å². The van der Waals surface area contributed by atoms with Gasteiger partial charge in [0.05, 0.1) is 28.2 Å². The van der Waals surface area contributed by atoms with E-state index < -0.39 is 31.1 Å². The van der Waals surface area contributed by atoms with Gasteiger partial charge in [-0.3, -0.25) is 9.59 Å². The van der Waals surface area contributed by atoms with Gasteiger partial charge in [-0.1, -0.05) is 0 Å². The molecule has 2 amide bonds. The van der Waals surface area contributed by atoms with E-state index in [1.807, 2.05) is 6.07 Å². The van der Waals surface area contributed by atoms with E-state index in [4.69, 9.17) is 0 Å². The third kappa shape index (κ3) is 4.50. The molecule has 0 bridgehead atoms. The first-order valence-electron chi connectivity index (χ1n) is 10.2. The van der Waals surface area contributed by atoms with Gasteiger partial charge in [0, 0.05) is 17.7 Å². The molecule has 1 aliphatic heterocycles. The van der Waals surface area contributed by atoms with Gasteiger partial charge in [-0.25, -0.2) is 13.8 Å². The highest BCUT2D eigenvalue weighted by atomic mass is 32.1. The second-order valence-corrected chi connectivity index (χ2v) is 8.71. The number of hydrogen-bond donors (Lipinski definition) is 5.